The third-order valence-electron chi connectivity index (χ3n) is 2.56. The highest BCUT2D eigenvalue weighted by atomic mass is 14.6. The molecule has 0 saturated carbocycles. The third kappa shape index (κ3) is 9.45. The number of nitrogens with zero attached hydrogens (tertiary/aromatic N) is 1. The van der Waals surface area contributed by atoms with Crippen molar-refractivity contribution in [1.29, 1.82) is 0 Å². The van der Waals surface area contributed by atoms with Crippen LogP contribution in [0.15, 0.2) is 42.1 Å². The van der Waals surface area contributed by atoms with E-state index in [0.717, 1.165) is 6.42 Å². The van der Waals surface area contributed by atoms with Crippen LogP contribution in [0.1, 0.15) is 51.9 Å². The Hall–Kier alpha value is -1.11. The fourth-order valence-electron chi connectivity index (χ4n) is 1.56. The summed E-state index contributed by atoms with van der Waals surface area (Å²) < 4.78 is 0. The Labute approximate surface area is 101 Å². The molecular formula is C15H25N. The molecule has 90 valence electrons. The summed E-state index contributed by atoms with van der Waals surface area (Å²) in [5.74, 6) is 0. The first kappa shape index (κ1) is 14.9. The fourth-order valence-corrected chi connectivity index (χ4v) is 1.56. The van der Waals surface area contributed by atoms with Gasteiger partial charge in [0.25, 0.3) is 0 Å². The summed E-state index contributed by atoms with van der Waals surface area (Å²) >= 11 is 0. The van der Waals surface area contributed by atoms with Crippen molar-refractivity contribution in [2.45, 2.75) is 51.9 Å². The lowest BCUT2D eigenvalue weighted by atomic mass is 10.1. The highest BCUT2D eigenvalue weighted by Crippen LogP contribution is 2.11. The van der Waals surface area contributed by atoms with Crippen molar-refractivity contribution < 1.29 is 0 Å². The smallest absolute Gasteiger partial charge is 0.0270 e. The summed E-state index contributed by atoms with van der Waals surface area (Å²) in [6.45, 7) is 9.59. The van der Waals surface area contributed by atoms with E-state index in [2.05, 4.69) is 25.1 Å². The van der Waals surface area contributed by atoms with E-state index in [1.165, 1.54) is 44.1 Å². The van der Waals surface area contributed by atoms with Gasteiger partial charge in [-0.05, 0) is 24.5 Å². The molecule has 0 unspecified atom stereocenters. The SMILES string of the molecule is C=CN=C/C=C(\C=C)CCCCCCCC. The van der Waals surface area contributed by atoms with Gasteiger partial charge < -0.3 is 0 Å². The standard InChI is InChI=1S/C15H25N/c1-4-7-8-9-10-11-12-15(5-2)13-14-16-6-3/h5-6,13-14H,2-4,7-12H2,1H3/b15-13+,16-14?. The van der Waals surface area contributed by atoms with Crippen LogP contribution in [0, 0.1) is 0 Å². The largest absolute Gasteiger partial charge is 0.265 e. The highest BCUT2D eigenvalue weighted by molar-refractivity contribution is 5.73. The third-order valence-corrected chi connectivity index (χ3v) is 2.56. The molecular weight excluding hydrogens is 194 g/mol. The maximum atomic E-state index is 3.94. The molecule has 0 fully saturated rings. The first-order chi connectivity index (χ1) is 7.85. The molecule has 1 nitrogen and oxygen atoms in total. The first-order valence-corrected chi connectivity index (χ1v) is 6.30. The van der Waals surface area contributed by atoms with Crippen molar-refractivity contribution in [1.82, 2.24) is 0 Å². The van der Waals surface area contributed by atoms with Crippen LogP contribution >= 0.6 is 0 Å². The fraction of sp³-hybridized carbons (Fsp3) is 0.533. The molecule has 0 heterocycles. The van der Waals surface area contributed by atoms with Crippen LogP contribution in [-0.4, -0.2) is 6.21 Å². The Kier molecular flexibility index (Phi) is 11.1. The number of hydrogen-bond acceptors (Lipinski definition) is 1. The molecule has 0 atom stereocenters. The lowest BCUT2D eigenvalue weighted by molar-refractivity contribution is 0.608. The summed E-state index contributed by atoms with van der Waals surface area (Å²) in [6.07, 6.45) is 16.4. The number of unbranched alkanes of at least 4 members (excludes halogenated alkanes) is 5. The lowest BCUT2D eigenvalue weighted by Gasteiger charge is -2.01. The molecule has 0 aromatic rings. The molecule has 0 rings (SSSR count). The van der Waals surface area contributed by atoms with E-state index in [9.17, 15) is 0 Å². The second-order valence-electron chi connectivity index (χ2n) is 3.94. The maximum absolute atomic E-state index is 3.94. The zero-order valence-electron chi connectivity index (χ0n) is 10.6. The molecule has 0 aliphatic carbocycles. The Balaban J connectivity index is 3.62. The summed E-state index contributed by atoms with van der Waals surface area (Å²) in [4.78, 5) is 3.94. The zero-order valence-corrected chi connectivity index (χ0v) is 10.6. The van der Waals surface area contributed by atoms with Crippen LogP contribution in [0.3, 0.4) is 0 Å². The van der Waals surface area contributed by atoms with Gasteiger partial charge in [-0.2, -0.15) is 0 Å². The Morgan fingerprint density at radius 1 is 1.06 bits per heavy atom. The van der Waals surface area contributed by atoms with Crippen LogP contribution < -0.4 is 0 Å². The molecule has 0 aromatic carbocycles. The number of hydrogen-bond donors (Lipinski definition) is 0. The molecule has 0 N–H and O–H groups in total. The molecule has 0 aromatic heterocycles. The van der Waals surface area contributed by atoms with Gasteiger partial charge in [0.1, 0.15) is 0 Å². The minimum Gasteiger partial charge on any atom is -0.265 e. The average molecular weight is 219 g/mol. The summed E-state index contributed by atoms with van der Waals surface area (Å²) in [5, 5.41) is 0. The number of allylic oxidation sites excluding steroid dienone is 3. The van der Waals surface area contributed by atoms with Crippen molar-refractivity contribution in [3.05, 3.63) is 37.1 Å². The normalized spacial score (nSPS) is 11.9. The lowest BCUT2D eigenvalue weighted by Crippen LogP contribution is -1.83. The molecule has 0 aliphatic heterocycles. The molecule has 1 heteroatoms. The van der Waals surface area contributed by atoms with Gasteiger partial charge in [0, 0.05) is 12.4 Å². The van der Waals surface area contributed by atoms with Crippen molar-refractivity contribution >= 4 is 6.21 Å². The quantitative estimate of drug-likeness (QED) is 0.276. The van der Waals surface area contributed by atoms with Gasteiger partial charge >= 0.3 is 0 Å². The Morgan fingerprint density at radius 3 is 2.38 bits per heavy atom. The maximum Gasteiger partial charge on any atom is 0.0270 e. The monoisotopic (exact) mass is 219 g/mol. The minimum atomic E-state index is 1.11. The second kappa shape index (κ2) is 12.0. The van der Waals surface area contributed by atoms with Crippen LogP contribution in [0.2, 0.25) is 0 Å². The van der Waals surface area contributed by atoms with Crippen LogP contribution in [0.4, 0.5) is 0 Å². The molecule has 0 radical (unpaired) electrons. The second-order valence-corrected chi connectivity index (χ2v) is 3.94. The van der Waals surface area contributed by atoms with Gasteiger partial charge in [-0.1, -0.05) is 58.3 Å². The first-order valence-electron chi connectivity index (χ1n) is 6.30. The molecule has 0 aliphatic rings. The van der Waals surface area contributed by atoms with Gasteiger partial charge in [-0.15, -0.1) is 0 Å². The van der Waals surface area contributed by atoms with Gasteiger partial charge in [-0.3, -0.25) is 4.99 Å². The summed E-state index contributed by atoms with van der Waals surface area (Å²) in [6, 6.07) is 0. The van der Waals surface area contributed by atoms with E-state index in [4.69, 9.17) is 0 Å². The van der Waals surface area contributed by atoms with E-state index in [-0.39, 0.29) is 0 Å². The van der Waals surface area contributed by atoms with Crippen LogP contribution in [-0.2, 0) is 0 Å². The molecule has 0 amide bonds. The van der Waals surface area contributed by atoms with Gasteiger partial charge in [0.05, 0.1) is 0 Å². The Morgan fingerprint density at radius 2 is 1.75 bits per heavy atom. The minimum absolute atomic E-state index is 1.11. The average Bonchev–Trinajstić information content (AvgIpc) is 2.31. The van der Waals surface area contributed by atoms with E-state index >= 15 is 0 Å². The van der Waals surface area contributed by atoms with Crippen LogP contribution in [0.25, 0.3) is 0 Å². The molecule has 16 heavy (non-hydrogen) atoms. The van der Waals surface area contributed by atoms with Crippen molar-refractivity contribution in [3.63, 3.8) is 0 Å². The Bertz CT molecular complexity index is 236. The van der Waals surface area contributed by atoms with Gasteiger partial charge in [-0.25, -0.2) is 0 Å². The summed E-state index contributed by atoms with van der Waals surface area (Å²) in [5.41, 5.74) is 1.26. The van der Waals surface area contributed by atoms with Crippen molar-refractivity contribution in [3.8, 4) is 0 Å². The van der Waals surface area contributed by atoms with E-state index < -0.39 is 0 Å². The van der Waals surface area contributed by atoms with E-state index in [1.54, 1.807) is 12.4 Å². The van der Waals surface area contributed by atoms with E-state index in [1.807, 2.05) is 12.2 Å². The molecule has 0 bridgehead atoms. The predicted molar refractivity (Wildman–Crippen MR) is 75.0 cm³/mol. The summed E-state index contributed by atoms with van der Waals surface area (Å²) in [7, 11) is 0. The zero-order chi connectivity index (χ0) is 12.1. The van der Waals surface area contributed by atoms with Crippen LogP contribution in [0.5, 0.6) is 0 Å². The van der Waals surface area contributed by atoms with Crippen molar-refractivity contribution in [2.24, 2.45) is 4.99 Å². The molecule has 0 spiro atoms. The van der Waals surface area contributed by atoms with E-state index in [0.29, 0.717) is 0 Å². The highest BCUT2D eigenvalue weighted by Gasteiger charge is 1.93. The number of aliphatic imine (C=N–C) groups is 1. The predicted octanol–water partition coefficient (Wildman–Crippen LogP) is 5.06. The van der Waals surface area contributed by atoms with Gasteiger partial charge in [0.15, 0.2) is 0 Å². The van der Waals surface area contributed by atoms with Crippen molar-refractivity contribution in [2.75, 3.05) is 0 Å². The molecule has 0 saturated heterocycles. The van der Waals surface area contributed by atoms with Gasteiger partial charge in [0.2, 0.25) is 0 Å². The topological polar surface area (TPSA) is 12.4 Å². The number of rotatable bonds is 10.